The van der Waals surface area contributed by atoms with Gasteiger partial charge in [0.15, 0.2) is 6.61 Å². The molecular formula is C34H41N5O6. The summed E-state index contributed by atoms with van der Waals surface area (Å²) in [5, 5.41) is 12.8. The molecule has 0 unspecified atom stereocenters. The molecule has 11 heteroatoms. The monoisotopic (exact) mass is 615 g/mol. The van der Waals surface area contributed by atoms with E-state index < -0.39 is 29.7 Å². The molecule has 0 aliphatic carbocycles. The van der Waals surface area contributed by atoms with Gasteiger partial charge in [-0.3, -0.25) is 24.0 Å². The Balaban J connectivity index is 1.55. The van der Waals surface area contributed by atoms with Gasteiger partial charge in [-0.25, -0.2) is 0 Å². The van der Waals surface area contributed by atoms with Crippen LogP contribution < -0.4 is 31.3 Å². The Labute approximate surface area is 263 Å². The van der Waals surface area contributed by atoms with Crippen LogP contribution in [-0.2, 0) is 30.4 Å². The average Bonchev–Trinajstić information content (AvgIpc) is 3.05. The Morgan fingerprint density at radius 2 is 1.27 bits per heavy atom. The summed E-state index contributed by atoms with van der Waals surface area (Å²) in [5.41, 5.74) is 3.87. The molecule has 5 amide bonds. The fourth-order valence-electron chi connectivity index (χ4n) is 4.17. The van der Waals surface area contributed by atoms with Gasteiger partial charge in [0.1, 0.15) is 11.8 Å². The van der Waals surface area contributed by atoms with Crippen LogP contribution in [0.3, 0.4) is 0 Å². The van der Waals surface area contributed by atoms with E-state index >= 15 is 0 Å². The first kappa shape index (κ1) is 34.3. The number of unbranched alkanes of at least 4 members (excludes halogenated alkanes) is 1. The molecule has 45 heavy (non-hydrogen) atoms. The lowest BCUT2D eigenvalue weighted by Crippen LogP contribution is -2.52. The van der Waals surface area contributed by atoms with Crippen molar-refractivity contribution < 1.29 is 28.7 Å². The number of ether oxygens (including phenoxy) is 1. The molecule has 3 aromatic rings. The van der Waals surface area contributed by atoms with Crippen molar-refractivity contribution in [3.05, 3.63) is 90.0 Å². The Hall–Kier alpha value is -5.19. The van der Waals surface area contributed by atoms with Crippen LogP contribution >= 0.6 is 0 Å². The molecule has 0 aliphatic heterocycles. The maximum Gasteiger partial charge on any atom is 0.258 e. The number of amides is 5. The molecule has 0 aromatic heterocycles. The van der Waals surface area contributed by atoms with Crippen LogP contribution in [0.15, 0.2) is 78.9 Å². The van der Waals surface area contributed by atoms with Crippen molar-refractivity contribution in [2.24, 2.45) is 0 Å². The average molecular weight is 616 g/mol. The Morgan fingerprint density at radius 1 is 0.667 bits per heavy atom. The highest BCUT2D eigenvalue weighted by atomic mass is 16.5. The minimum Gasteiger partial charge on any atom is -0.484 e. The number of rotatable bonds is 17. The summed E-state index contributed by atoms with van der Waals surface area (Å²) in [5.74, 6) is -2.03. The van der Waals surface area contributed by atoms with Gasteiger partial charge in [0.05, 0.1) is 19.6 Å². The van der Waals surface area contributed by atoms with E-state index in [-0.39, 0.29) is 38.6 Å². The normalized spacial score (nSPS) is 11.1. The van der Waals surface area contributed by atoms with Gasteiger partial charge in [0, 0.05) is 13.0 Å². The van der Waals surface area contributed by atoms with E-state index in [0.717, 1.165) is 35.1 Å². The number of hydrogen-bond donors (Lipinski definition) is 5. The molecule has 5 N–H and O–H groups in total. The number of carbonyl (C=O) groups is 5. The number of benzene rings is 3. The van der Waals surface area contributed by atoms with E-state index in [4.69, 9.17) is 4.74 Å². The van der Waals surface area contributed by atoms with Gasteiger partial charge < -0.3 is 31.3 Å². The lowest BCUT2D eigenvalue weighted by atomic mass is 10.00. The first-order valence-corrected chi connectivity index (χ1v) is 14.9. The second-order valence-electron chi connectivity index (χ2n) is 10.5. The molecule has 0 fully saturated rings. The van der Waals surface area contributed by atoms with Gasteiger partial charge in [-0.15, -0.1) is 0 Å². The third kappa shape index (κ3) is 12.9. The predicted octanol–water partition coefficient (Wildman–Crippen LogP) is 2.03. The first-order valence-electron chi connectivity index (χ1n) is 14.9. The van der Waals surface area contributed by atoms with Crippen molar-refractivity contribution >= 4 is 29.5 Å². The number of hydrogen-bond acceptors (Lipinski definition) is 6. The van der Waals surface area contributed by atoms with E-state index in [2.05, 4.69) is 26.6 Å². The fraction of sp³-hybridized carbons (Fsp3) is 0.324. The van der Waals surface area contributed by atoms with Crippen LogP contribution in [0.2, 0.25) is 0 Å². The topological polar surface area (TPSA) is 155 Å². The van der Waals surface area contributed by atoms with Gasteiger partial charge >= 0.3 is 0 Å². The third-order valence-electron chi connectivity index (χ3n) is 6.71. The molecule has 3 rings (SSSR count). The van der Waals surface area contributed by atoms with Crippen molar-refractivity contribution in [1.29, 1.82) is 0 Å². The molecule has 238 valence electrons. The summed E-state index contributed by atoms with van der Waals surface area (Å²) in [6.07, 6.45) is 1.91. The maximum atomic E-state index is 13.1. The van der Waals surface area contributed by atoms with Crippen LogP contribution in [0, 0.1) is 6.92 Å². The maximum absolute atomic E-state index is 13.1. The summed E-state index contributed by atoms with van der Waals surface area (Å²) in [4.78, 5) is 62.2. The summed E-state index contributed by atoms with van der Waals surface area (Å²) in [6, 6.07) is 23.6. The largest absolute Gasteiger partial charge is 0.484 e. The molecule has 0 saturated heterocycles. The summed E-state index contributed by atoms with van der Waals surface area (Å²) >= 11 is 0. The second kappa shape index (κ2) is 18.5. The smallest absolute Gasteiger partial charge is 0.258 e. The van der Waals surface area contributed by atoms with Gasteiger partial charge in [0.25, 0.3) is 5.91 Å². The molecule has 0 spiro atoms. The fourth-order valence-corrected chi connectivity index (χ4v) is 4.17. The van der Waals surface area contributed by atoms with Crippen LogP contribution in [0.1, 0.15) is 30.9 Å². The molecule has 11 nitrogen and oxygen atoms in total. The van der Waals surface area contributed by atoms with Crippen LogP contribution in [0.25, 0.3) is 11.1 Å². The van der Waals surface area contributed by atoms with Crippen LogP contribution in [0.5, 0.6) is 5.75 Å². The molecule has 1 atom stereocenters. The molecule has 0 bridgehead atoms. The highest BCUT2D eigenvalue weighted by Gasteiger charge is 2.22. The highest BCUT2D eigenvalue weighted by molar-refractivity contribution is 5.93. The molecule has 0 radical (unpaired) electrons. The summed E-state index contributed by atoms with van der Waals surface area (Å²) in [7, 11) is 0. The quantitative estimate of drug-likeness (QED) is 0.147. The van der Waals surface area contributed by atoms with E-state index in [1.54, 1.807) is 12.1 Å². The minimum absolute atomic E-state index is 0.137. The zero-order chi connectivity index (χ0) is 32.4. The molecule has 3 aromatic carbocycles. The van der Waals surface area contributed by atoms with Gasteiger partial charge in [0.2, 0.25) is 23.6 Å². The zero-order valence-electron chi connectivity index (χ0n) is 25.7. The number of carbonyl (C=O) groups excluding carboxylic acids is 5. The van der Waals surface area contributed by atoms with E-state index in [1.165, 1.54) is 0 Å². The SMILES string of the molecule is CCCCNC(=O)CNC(=O)CNC(=O)[C@@H](Cc1ccc(-c2ccccc2)cc1)NC(=O)CNC(=O)COc1ccc(C)cc1. The summed E-state index contributed by atoms with van der Waals surface area (Å²) in [6.45, 7) is 3.22. The Kier molecular flexibility index (Phi) is 14.1. The Bertz CT molecular complexity index is 1410. The van der Waals surface area contributed by atoms with Crippen molar-refractivity contribution in [3.8, 4) is 16.9 Å². The van der Waals surface area contributed by atoms with E-state index in [1.807, 2.05) is 80.6 Å². The lowest BCUT2D eigenvalue weighted by Gasteiger charge is -2.19. The molecule has 0 aliphatic rings. The van der Waals surface area contributed by atoms with Gasteiger partial charge in [-0.2, -0.15) is 0 Å². The highest BCUT2D eigenvalue weighted by Crippen LogP contribution is 2.20. The first-order chi connectivity index (χ1) is 21.7. The predicted molar refractivity (Wildman–Crippen MR) is 171 cm³/mol. The van der Waals surface area contributed by atoms with Crippen molar-refractivity contribution in [2.45, 2.75) is 39.2 Å². The van der Waals surface area contributed by atoms with E-state index in [0.29, 0.717) is 12.3 Å². The van der Waals surface area contributed by atoms with Crippen LogP contribution in [-0.4, -0.2) is 68.4 Å². The standard InChI is InChI=1S/C34H41N5O6/c1-3-4-18-35-30(40)20-36-31(41)21-38-34(44)29(19-25-12-14-27(15-13-25)26-8-6-5-7-9-26)39-32(42)22-37-33(43)23-45-28-16-10-24(2)11-17-28/h5-17,29H,3-4,18-23H2,1-2H3,(H,35,40)(H,36,41)(H,37,43)(H,38,44)(H,39,42)/t29-/m1/s1. The van der Waals surface area contributed by atoms with Crippen molar-refractivity contribution in [1.82, 2.24) is 26.6 Å². The second-order valence-corrected chi connectivity index (χ2v) is 10.5. The zero-order valence-corrected chi connectivity index (χ0v) is 25.7. The third-order valence-corrected chi connectivity index (χ3v) is 6.71. The summed E-state index contributed by atoms with van der Waals surface area (Å²) < 4.78 is 5.44. The lowest BCUT2D eigenvalue weighted by molar-refractivity contribution is -0.131. The number of aryl methyl sites for hydroxylation is 1. The Morgan fingerprint density at radius 3 is 1.96 bits per heavy atom. The van der Waals surface area contributed by atoms with Crippen molar-refractivity contribution in [2.75, 3.05) is 32.8 Å². The molecule has 0 heterocycles. The van der Waals surface area contributed by atoms with Gasteiger partial charge in [-0.1, -0.05) is 85.6 Å². The van der Waals surface area contributed by atoms with Gasteiger partial charge in [-0.05, 0) is 42.2 Å². The molecule has 0 saturated carbocycles. The van der Waals surface area contributed by atoms with Crippen molar-refractivity contribution in [3.63, 3.8) is 0 Å². The van der Waals surface area contributed by atoms with Crippen LogP contribution in [0.4, 0.5) is 0 Å². The minimum atomic E-state index is -1.04. The molecular weight excluding hydrogens is 574 g/mol. The number of nitrogens with one attached hydrogen (secondary N) is 5. The van der Waals surface area contributed by atoms with E-state index in [9.17, 15) is 24.0 Å².